The van der Waals surface area contributed by atoms with E-state index in [2.05, 4.69) is 10.6 Å². The van der Waals surface area contributed by atoms with Crippen LogP contribution in [0.5, 0.6) is 0 Å². The van der Waals surface area contributed by atoms with Crippen molar-refractivity contribution in [3.05, 3.63) is 29.8 Å². The molecule has 5 nitrogen and oxygen atoms in total. The molecule has 2 atom stereocenters. The fraction of sp³-hybridized carbons (Fsp3) is 0.529. The Kier molecular flexibility index (Phi) is 8.06. The van der Waals surface area contributed by atoms with Crippen LogP contribution in [0.3, 0.4) is 0 Å². The molecule has 1 aromatic carbocycles. The molecular weight excluding hydrogens is 314 g/mol. The lowest BCUT2D eigenvalue weighted by atomic mass is 9.85. The lowest BCUT2D eigenvalue weighted by Crippen LogP contribution is -2.34. The second-order valence-electron chi connectivity index (χ2n) is 5.95. The van der Waals surface area contributed by atoms with Crippen molar-refractivity contribution in [1.82, 2.24) is 5.32 Å². The summed E-state index contributed by atoms with van der Waals surface area (Å²) in [5.74, 6) is -0.0624. The number of hydrogen-bond donors (Lipinski definition) is 3. The third-order valence-corrected chi connectivity index (χ3v) is 4.04. The largest absolute Gasteiger partial charge is 0.352 e. The van der Waals surface area contributed by atoms with Crippen LogP contribution in [0.15, 0.2) is 24.3 Å². The monoisotopic (exact) mass is 339 g/mol. The summed E-state index contributed by atoms with van der Waals surface area (Å²) in [6.07, 6.45) is 4.57. The van der Waals surface area contributed by atoms with Crippen LogP contribution in [0, 0.1) is 5.92 Å². The molecule has 1 aliphatic rings. The number of rotatable bonds is 5. The molecule has 0 radical (unpaired) electrons. The topological polar surface area (TPSA) is 84.2 Å². The fourth-order valence-electron chi connectivity index (χ4n) is 2.76. The Morgan fingerprint density at radius 3 is 2.52 bits per heavy atom. The Balaban J connectivity index is 0.00000264. The highest BCUT2D eigenvalue weighted by atomic mass is 35.5. The van der Waals surface area contributed by atoms with E-state index in [0.717, 1.165) is 37.8 Å². The van der Waals surface area contributed by atoms with Gasteiger partial charge in [-0.25, -0.2) is 0 Å². The third-order valence-electron chi connectivity index (χ3n) is 4.04. The number of hydrogen-bond acceptors (Lipinski definition) is 3. The van der Waals surface area contributed by atoms with E-state index in [1.54, 1.807) is 24.3 Å². The summed E-state index contributed by atoms with van der Waals surface area (Å²) in [5.41, 5.74) is 7.25. The number of carbonyl (C=O) groups excluding carboxylic acids is 2. The highest BCUT2D eigenvalue weighted by molar-refractivity contribution is 5.96. The third kappa shape index (κ3) is 5.84. The molecule has 1 aromatic rings. The zero-order valence-corrected chi connectivity index (χ0v) is 14.3. The van der Waals surface area contributed by atoms with E-state index >= 15 is 0 Å². The van der Waals surface area contributed by atoms with Crippen LogP contribution in [-0.4, -0.2) is 24.4 Å². The molecule has 1 saturated carbocycles. The summed E-state index contributed by atoms with van der Waals surface area (Å²) in [7, 11) is 0. The van der Waals surface area contributed by atoms with Crippen molar-refractivity contribution < 1.29 is 9.59 Å². The quantitative estimate of drug-likeness (QED) is 0.771. The molecule has 2 rings (SSSR count). The molecule has 0 saturated heterocycles. The highest BCUT2D eigenvalue weighted by Gasteiger charge is 2.25. The van der Waals surface area contributed by atoms with Crippen molar-refractivity contribution in [2.24, 2.45) is 11.7 Å². The Bertz CT molecular complexity index is 519. The van der Waals surface area contributed by atoms with Crippen LogP contribution in [-0.2, 0) is 4.79 Å². The summed E-state index contributed by atoms with van der Waals surface area (Å²) in [6.45, 7) is 2.68. The summed E-state index contributed by atoms with van der Waals surface area (Å²) < 4.78 is 0. The van der Waals surface area contributed by atoms with Gasteiger partial charge in [0.25, 0.3) is 5.91 Å². The van der Waals surface area contributed by atoms with Gasteiger partial charge in [-0.2, -0.15) is 0 Å². The summed E-state index contributed by atoms with van der Waals surface area (Å²) >= 11 is 0. The second kappa shape index (κ2) is 9.53. The van der Waals surface area contributed by atoms with Crippen LogP contribution >= 0.6 is 12.4 Å². The lowest BCUT2D eigenvalue weighted by molar-refractivity contribution is -0.120. The molecule has 23 heavy (non-hydrogen) atoms. The molecular formula is C17H26ClN3O2. The lowest BCUT2D eigenvalue weighted by Gasteiger charge is -2.25. The average molecular weight is 340 g/mol. The number of amides is 2. The van der Waals surface area contributed by atoms with Gasteiger partial charge in [-0.05, 0) is 49.9 Å². The predicted molar refractivity (Wildman–Crippen MR) is 94.9 cm³/mol. The molecule has 0 aliphatic heterocycles. The van der Waals surface area contributed by atoms with Crippen molar-refractivity contribution in [1.29, 1.82) is 0 Å². The molecule has 0 aromatic heterocycles. The Labute approximate surface area is 143 Å². The minimum Gasteiger partial charge on any atom is -0.352 e. The molecule has 1 aliphatic carbocycles. The van der Waals surface area contributed by atoms with Gasteiger partial charge in [0.15, 0.2) is 0 Å². The molecule has 6 heteroatoms. The Morgan fingerprint density at radius 1 is 1.22 bits per heavy atom. The first kappa shape index (κ1) is 19.5. The smallest absolute Gasteiger partial charge is 0.251 e. The maximum absolute atomic E-state index is 12.2. The molecule has 2 unspecified atom stereocenters. The number of benzene rings is 1. The zero-order valence-electron chi connectivity index (χ0n) is 13.5. The molecule has 0 spiro atoms. The molecule has 0 bridgehead atoms. The molecule has 1 fully saturated rings. The first-order valence-electron chi connectivity index (χ1n) is 8.05. The zero-order chi connectivity index (χ0) is 15.9. The molecule has 128 valence electrons. The summed E-state index contributed by atoms with van der Waals surface area (Å²) in [4.78, 5) is 24.0. The number of halogens is 1. The van der Waals surface area contributed by atoms with Crippen molar-refractivity contribution in [3.63, 3.8) is 0 Å². The Hall–Kier alpha value is -1.59. The Morgan fingerprint density at radius 2 is 1.91 bits per heavy atom. The van der Waals surface area contributed by atoms with E-state index in [-0.39, 0.29) is 36.2 Å². The fourth-order valence-corrected chi connectivity index (χ4v) is 2.76. The number of anilines is 1. The van der Waals surface area contributed by atoms with E-state index in [9.17, 15) is 9.59 Å². The maximum atomic E-state index is 12.2. The average Bonchev–Trinajstić information content (AvgIpc) is 2.53. The van der Waals surface area contributed by atoms with Crippen molar-refractivity contribution >= 4 is 29.9 Å². The van der Waals surface area contributed by atoms with E-state index < -0.39 is 0 Å². The predicted octanol–water partition coefficient (Wildman–Crippen LogP) is 2.70. The van der Waals surface area contributed by atoms with Crippen molar-refractivity contribution in [2.45, 2.75) is 45.1 Å². The SMILES string of the molecule is CCCNC(=O)c1ccc(NC(=O)C2CCCC(N)C2)cc1.Cl. The maximum Gasteiger partial charge on any atom is 0.251 e. The van der Waals surface area contributed by atoms with Crippen LogP contribution < -0.4 is 16.4 Å². The van der Waals surface area contributed by atoms with Gasteiger partial charge in [-0.15, -0.1) is 12.4 Å². The van der Waals surface area contributed by atoms with Gasteiger partial charge in [0.05, 0.1) is 0 Å². The minimum atomic E-state index is -0.0852. The number of nitrogens with two attached hydrogens (primary N) is 1. The molecule has 4 N–H and O–H groups in total. The van der Waals surface area contributed by atoms with E-state index in [1.807, 2.05) is 6.92 Å². The highest BCUT2D eigenvalue weighted by Crippen LogP contribution is 2.24. The standard InChI is InChI=1S/C17H25N3O2.ClH/c1-2-10-19-16(21)12-6-8-15(9-7-12)20-17(22)13-4-3-5-14(18)11-13;/h6-9,13-14H,2-5,10-11,18H2,1H3,(H,19,21)(H,20,22);1H. The van der Waals surface area contributed by atoms with Crippen LogP contribution in [0.25, 0.3) is 0 Å². The van der Waals surface area contributed by atoms with Crippen LogP contribution in [0.1, 0.15) is 49.4 Å². The van der Waals surface area contributed by atoms with Crippen LogP contribution in [0.4, 0.5) is 5.69 Å². The number of nitrogens with one attached hydrogen (secondary N) is 2. The van der Waals surface area contributed by atoms with Gasteiger partial charge >= 0.3 is 0 Å². The second-order valence-corrected chi connectivity index (χ2v) is 5.95. The van der Waals surface area contributed by atoms with E-state index in [0.29, 0.717) is 12.1 Å². The van der Waals surface area contributed by atoms with Gasteiger partial charge in [0.1, 0.15) is 0 Å². The first-order valence-corrected chi connectivity index (χ1v) is 8.05. The van der Waals surface area contributed by atoms with Gasteiger partial charge < -0.3 is 16.4 Å². The van der Waals surface area contributed by atoms with Crippen molar-refractivity contribution in [3.8, 4) is 0 Å². The minimum absolute atomic E-state index is 0. The van der Waals surface area contributed by atoms with Crippen LogP contribution in [0.2, 0.25) is 0 Å². The summed E-state index contributed by atoms with van der Waals surface area (Å²) in [5, 5.41) is 5.74. The molecule has 0 heterocycles. The van der Waals surface area contributed by atoms with Gasteiger partial charge in [0.2, 0.25) is 5.91 Å². The first-order chi connectivity index (χ1) is 10.6. The summed E-state index contributed by atoms with van der Waals surface area (Å²) in [6, 6.07) is 7.12. The molecule has 2 amide bonds. The van der Waals surface area contributed by atoms with Crippen molar-refractivity contribution in [2.75, 3.05) is 11.9 Å². The van der Waals surface area contributed by atoms with E-state index in [4.69, 9.17) is 5.73 Å². The normalized spacial score (nSPS) is 20.3. The number of carbonyl (C=O) groups is 2. The van der Waals surface area contributed by atoms with E-state index in [1.165, 1.54) is 0 Å². The van der Waals surface area contributed by atoms with Gasteiger partial charge in [-0.3, -0.25) is 9.59 Å². The van der Waals surface area contributed by atoms with Gasteiger partial charge in [-0.1, -0.05) is 13.3 Å². The van der Waals surface area contributed by atoms with Gasteiger partial charge in [0, 0.05) is 29.8 Å².